The van der Waals surface area contributed by atoms with Crippen molar-refractivity contribution in [1.29, 1.82) is 0 Å². The molecule has 0 unspecified atom stereocenters. The van der Waals surface area contributed by atoms with E-state index in [1.165, 1.54) is 0 Å². The topological polar surface area (TPSA) is 56.8 Å². The van der Waals surface area contributed by atoms with Gasteiger partial charge in [-0.3, -0.25) is 4.79 Å². The maximum Gasteiger partial charge on any atom is 0.258 e. The van der Waals surface area contributed by atoms with Gasteiger partial charge in [-0.1, -0.05) is 30.3 Å². The highest BCUT2D eigenvalue weighted by atomic mass is 16.5. The van der Waals surface area contributed by atoms with Gasteiger partial charge < -0.3 is 19.5 Å². The summed E-state index contributed by atoms with van der Waals surface area (Å²) in [7, 11) is 0. The van der Waals surface area contributed by atoms with Gasteiger partial charge in [0.15, 0.2) is 18.1 Å². The van der Waals surface area contributed by atoms with Crippen molar-refractivity contribution in [2.75, 3.05) is 19.8 Å². The Morgan fingerprint density at radius 2 is 1.88 bits per heavy atom. The first-order valence-electron chi connectivity index (χ1n) is 8.83. The first-order chi connectivity index (χ1) is 12.4. The fraction of sp³-hybridized carbons (Fsp3) is 0.381. The third kappa shape index (κ3) is 4.48. The highest BCUT2D eigenvalue weighted by Crippen LogP contribution is 2.41. The molecule has 0 saturated heterocycles. The van der Waals surface area contributed by atoms with Crippen LogP contribution in [0.4, 0.5) is 0 Å². The SMILES string of the molecule is Cc1ccccc1OCC(=O)NCCOc1cccc2c1OC(C)(C)C2. The van der Waals surface area contributed by atoms with Crippen LogP contribution in [0, 0.1) is 6.92 Å². The molecule has 5 nitrogen and oxygen atoms in total. The number of fused-ring (bicyclic) bond motifs is 1. The predicted octanol–water partition coefficient (Wildman–Crippen LogP) is 3.28. The fourth-order valence-electron chi connectivity index (χ4n) is 2.97. The molecular weight excluding hydrogens is 330 g/mol. The molecule has 0 aromatic heterocycles. The Hall–Kier alpha value is -2.69. The van der Waals surface area contributed by atoms with Gasteiger partial charge in [-0.2, -0.15) is 0 Å². The van der Waals surface area contributed by atoms with E-state index >= 15 is 0 Å². The summed E-state index contributed by atoms with van der Waals surface area (Å²) in [5.74, 6) is 2.08. The zero-order chi connectivity index (χ0) is 18.6. The molecule has 0 fully saturated rings. The van der Waals surface area contributed by atoms with Crippen LogP contribution in [0.15, 0.2) is 42.5 Å². The molecule has 3 rings (SSSR count). The average molecular weight is 355 g/mol. The van der Waals surface area contributed by atoms with Gasteiger partial charge in [0.05, 0.1) is 6.54 Å². The van der Waals surface area contributed by atoms with Crippen molar-refractivity contribution in [3.63, 3.8) is 0 Å². The molecule has 1 heterocycles. The molecule has 0 atom stereocenters. The summed E-state index contributed by atoms with van der Waals surface area (Å²) >= 11 is 0. The molecule has 0 bridgehead atoms. The van der Waals surface area contributed by atoms with Gasteiger partial charge in [-0.25, -0.2) is 0 Å². The van der Waals surface area contributed by atoms with E-state index in [2.05, 4.69) is 25.2 Å². The number of carbonyl (C=O) groups is 1. The van der Waals surface area contributed by atoms with E-state index in [0.717, 1.165) is 34.8 Å². The van der Waals surface area contributed by atoms with Crippen molar-refractivity contribution in [3.8, 4) is 17.2 Å². The zero-order valence-corrected chi connectivity index (χ0v) is 15.5. The molecule has 2 aromatic rings. The Morgan fingerprint density at radius 3 is 2.69 bits per heavy atom. The van der Waals surface area contributed by atoms with Gasteiger partial charge in [-0.15, -0.1) is 0 Å². The summed E-state index contributed by atoms with van der Waals surface area (Å²) in [4.78, 5) is 11.9. The quantitative estimate of drug-likeness (QED) is 0.775. The lowest BCUT2D eigenvalue weighted by molar-refractivity contribution is -0.123. The third-order valence-electron chi connectivity index (χ3n) is 4.19. The van der Waals surface area contributed by atoms with Crippen LogP contribution in [0.3, 0.4) is 0 Å². The first kappa shape index (κ1) is 18.1. The lowest BCUT2D eigenvalue weighted by Gasteiger charge is -2.18. The van der Waals surface area contributed by atoms with Crippen molar-refractivity contribution in [1.82, 2.24) is 5.32 Å². The van der Waals surface area contributed by atoms with E-state index in [9.17, 15) is 4.79 Å². The number of carbonyl (C=O) groups excluding carboxylic acids is 1. The van der Waals surface area contributed by atoms with Gasteiger partial charge in [0.25, 0.3) is 5.91 Å². The van der Waals surface area contributed by atoms with E-state index in [-0.39, 0.29) is 18.1 Å². The standard InChI is InChI=1S/C21H25NO4/c1-15-7-4-5-9-17(15)25-14-19(23)22-11-12-24-18-10-6-8-16-13-21(2,3)26-20(16)18/h4-10H,11-14H2,1-3H3,(H,22,23). The number of ether oxygens (including phenoxy) is 3. The number of hydrogen-bond acceptors (Lipinski definition) is 4. The van der Waals surface area contributed by atoms with Crippen molar-refractivity contribution in [2.24, 2.45) is 0 Å². The summed E-state index contributed by atoms with van der Waals surface area (Å²) in [5.41, 5.74) is 1.95. The largest absolute Gasteiger partial charge is 0.488 e. The Morgan fingerprint density at radius 1 is 1.12 bits per heavy atom. The lowest BCUT2D eigenvalue weighted by atomic mass is 10.0. The summed E-state index contributed by atoms with van der Waals surface area (Å²) < 4.78 is 17.3. The second-order valence-corrected chi connectivity index (χ2v) is 7.04. The van der Waals surface area contributed by atoms with Crippen LogP contribution in [0.5, 0.6) is 17.2 Å². The molecule has 2 aromatic carbocycles. The first-order valence-corrected chi connectivity index (χ1v) is 8.83. The number of rotatable bonds is 7. The number of amides is 1. The van der Waals surface area contributed by atoms with Crippen LogP contribution < -0.4 is 19.5 Å². The zero-order valence-electron chi connectivity index (χ0n) is 15.5. The van der Waals surface area contributed by atoms with Crippen molar-refractivity contribution in [3.05, 3.63) is 53.6 Å². The molecule has 0 aliphatic carbocycles. The van der Waals surface area contributed by atoms with Crippen LogP contribution in [0.25, 0.3) is 0 Å². The highest BCUT2D eigenvalue weighted by molar-refractivity contribution is 5.77. The van der Waals surface area contributed by atoms with E-state index in [4.69, 9.17) is 14.2 Å². The van der Waals surface area contributed by atoms with Crippen molar-refractivity contribution < 1.29 is 19.0 Å². The van der Waals surface area contributed by atoms with Crippen LogP contribution in [0.1, 0.15) is 25.0 Å². The molecule has 5 heteroatoms. The average Bonchev–Trinajstić information content (AvgIpc) is 2.92. The summed E-state index contributed by atoms with van der Waals surface area (Å²) in [6.45, 7) is 6.84. The lowest BCUT2D eigenvalue weighted by Crippen LogP contribution is -2.32. The Labute approximate surface area is 154 Å². The number of nitrogens with one attached hydrogen (secondary N) is 1. The van der Waals surface area contributed by atoms with Gasteiger partial charge in [0.2, 0.25) is 0 Å². The van der Waals surface area contributed by atoms with Crippen molar-refractivity contribution >= 4 is 5.91 Å². The molecule has 1 aliphatic heterocycles. The Balaban J connectivity index is 1.42. The van der Waals surface area contributed by atoms with E-state index in [0.29, 0.717) is 13.2 Å². The molecule has 0 spiro atoms. The normalized spacial score (nSPS) is 14.3. The second-order valence-electron chi connectivity index (χ2n) is 7.04. The Kier molecular flexibility index (Phi) is 5.35. The third-order valence-corrected chi connectivity index (χ3v) is 4.19. The number of para-hydroxylation sites is 2. The van der Waals surface area contributed by atoms with E-state index < -0.39 is 0 Å². The molecule has 1 amide bonds. The van der Waals surface area contributed by atoms with Gasteiger partial charge in [0, 0.05) is 12.0 Å². The smallest absolute Gasteiger partial charge is 0.258 e. The molecule has 138 valence electrons. The molecule has 26 heavy (non-hydrogen) atoms. The summed E-state index contributed by atoms with van der Waals surface area (Å²) in [6, 6.07) is 13.5. The maximum atomic E-state index is 11.9. The molecule has 1 N–H and O–H groups in total. The number of benzene rings is 2. The van der Waals surface area contributed by atoms with Gasteiger partial charge in [0.1, 0.15) is 18.0 Å². The maximum absolute atomic E-state index is 11.9. The minimum Gasteiger partial charge on any atom is -0.488 e. The molecule has 1 aliphatic rings. The van der Waals surface area contributed by atoms with E-state index in [1.54, 1.807) is 0 Å². The molecular formula is C21H25NO4. The molecule has 0 radical (unpaired) electrons. The van der Waals surface area contributed by atoms with Gasteiger partial charge >= 0.3 is 0 Å². The summed E-state index contributed by atoms with van der Waals surface area (Å²) in [5, 5.41) is 2.80. The number of aryl methyl sites for hydroxylation is 1. The minimum absolute atomic E-state index is 0.0110. The Bertz CT molecular complexity index is 785. The number of hydrogen-bond donors (Lipinski definition) is 1. The van der Waals surface area contributed by atoms with Crippen LogP contribution in [0.2, 0.25) is 0 Å². The van der Waals surface area contributed by atoms with E-state index in [1.807, 2.05) is 43.3 Å². The van der Waals surface area contributed by atoms with Crippen LogP contribution in [-0.4, -0.2) is 31.3 Å². The second kappa shape index (κ2) is 7.68. The predicted molar refractivity (Wildman–Crippen MR) is 100 cm³/mol. The van der Waals surface area contributed by atoms with Crippen molar-refractivity contribution in [2.45, 2.75) is 32.8 Å². The molecule has 0 saturated carbocycles. The highest BCUT2D eigenvalue weighted by Gasteiger charge is 2.32. The monoisotopic (exact) mass is 355 g/mol. The van der Waals surface area contributed by atoms with Crippen LogP contribution in [-0.2, 0) is 11.2 Å². The minimum atomic E-state index is -0.205. The van der Waals surface area contributed by atoms with Crippen LogP contribution >= 0.6 is 0 Å². The summed E-state index contributed by atoms with van der Waals surface area (Å²) in [6.07, 6.45) is 0.868. The van der Waals surface area contributed by atoms with Gasteiger partial charge in [-0.05, 0) is 38.5 Å². The fourth-order valence-corrected chi connectivity index (χ4v) is 2.97.